The highest BCUT2D eigenvalue weighted by atomic mass is 19.1. The second kappa shape index (κ2) is 6.48. The Labute approximate surface area is 118 Å². The van der Waals surface area contributed by atoms with Crippen LogP contribution in [0.4, 0.5) is 4.39 Å². The van der Waals surface area contributed by atoms with Crippen LogP contribution in [0.3, 0.4) is 0 Å². The predicted octanol–water partition coefficient (Wildman–Crippen LogP) is 3.39. The summed E-state index contributed by atoms with van der Waals surface area (Å²) in [6.45, 7) is 4.62. The van der Waals surface area contributed by atoms with Crippen molar-refractivity contribution in [2.75, 3.05) is 7.11 Å². The van der Waals surface area contributed by atoms with E-state index < -0.39 is 0 Å². The van der Waals surface area contributed by atoms with Gasteiger partial charge in [0.15, 0.2) is 0 Å². The number of hydrogen-bond donors (Lipinski definition) is 1. The Morgan fingerprint density at radius 2 is 2.10 bits per heavy atom. The van der Waals surface area contributed by atoms with Gasteiger partial charge in [0.05, 0.1) is 7.11 Å². The lowest BCUT2D eigenvalue weighted by atomic mass is 10.1. The number of nitrogens with one attached hydrogen (secondary N) is 1. The molecule has 3 nitrogen and oxygen atoms in total. The molecular formula is C16H19FN2O. The maximum atomic E-state index is 13.4. The van der Waals surface area contributed by atoms with E-state index in [2.05, 4.69) is 10.3 Å². The first-order valence-electron chi connectivity index (χ1n) is 6.58. The van der Waals surface area contributed by atoms with E-state index in [-0.39, 0.29) is 11.9 Å². The minimum atomic E-state index is -0.258. The molecule has 0 amide bonds. The van der Waals surface area contributed by atoms with Crippen molar-refractivity contribution in [1.29, 1.82) is 0 Å². The number of halogens is 1. The van der Waals surface area contributed by atoms with Gasteiger partial charge in [0.25, 0.3) is 0 Å². The largest absolute Gasteiger partial charge is 0.496 e. The van der Waals surface area contributed by atoms with Crippen LogP contribution in [0.15, 0.2) is 36.5 Å². The van der Waals surface area contributed by atoms with Crippen molar-refractivity contribution in [3.05, 3.63) is 59.2 Å². The van der Waals surface area contributed by atoms with Crippen LogP contribution in [0, 0.1) is 12.7 Å². The molecule has 0 saturated heterocycles. The van der Waals surface area contributed by atoms with Crippen LogP contribution in [0.2, 0.25) is 0 Å². The Balaban J connectivity index is 2.06. The van der Waals surface area contributed by atoms with Crippen LogP contribution in [-0.4, -0.2) is 12.1 Å². The second-order valence-electron chi connectivity index (χ2n) is 4.80. The van der Waals surface area contributed by atoms with Gasteiger partial charge in [-0.05, 0) is 43.7 Å². The molecule has 0 saturated carbocycles. The summed E-state index contributed by atoms with van der Waals surface area (Å²) in [5.74, 6) is 0.430. The highest BCUT2D eigenvalue weighted by molar-refractivity contribution is 5.36. The number of aromatic nitrogens is 1. The number of benzene rings is 1. The maximum Gasteiger partial charge on any atom is 0.123 e. The molecule has 1 aromatic carbocycles. The van der Waals surface area contributed by atoms with Gasteiger partial charge < -0.3 is 10.1 Å². The van der Waals surface area contributed by atoms with Gasteiger partial charge in [-0.2, -0.15) is 0 Å². The van der Waals surface area contributed by atoms with Gasteiger partial charge in [-0.25, -0.2) is 4.39 Å². The Hall–Kier alpha value is -1.94. The van der Waals surface area contributed by atoms with Gasteiger partial charge in [-0.1, -0.05) is 6.07 Å². The summed E-state index contributed by atoms with van der Waals surface area (Å²) in [4.78, 5) is 4.25. The standard InChI is InChI=1S/C16H19FN2O/c1-11-4-5-13(9-18-11)10-19-12(2)15-8-14(17)6-7-16(15)20-3/h4-9,12,19H,10H2,1-3H3. The molecule has 1 aromatic heterocycles. The monoisotopic (exact) mass is 274 g/mol. The van der Waals surface area contributed by atoms with Crippen molar-refractivity contribution in [2.45, 2.75) is 26.4 Å². The molecule has 20 heavy (non-hydrogen) atoms. The summed E-state index contributed by atoms with van der Waals surface area (Å²) in [6, 6.07) is 8.55. The summed E-state index contributed by atoms with van der Waals surface area (Å²) in [6.07, 6.45) is 1.85. The first kappa shape index (κ1) is 14.5. The van der Waals surface area contributed by atoms with E-state index in [0.29, 0.717) is 12.3 Å². The average molecular weight is 274 g/mol. The van der Waals surface area contributed by atoms with Gasteiger partial charge in [-0.15, -0.1) is 0 Å². The highest BCUT2D eigenvalue weighted by Gasteiger charge is 2.12. The van der Waals surface area contributed by atoms with Crippen LogP contribution in [0.25, 0.3) is 0 Å². The lowest BCUT2D eigenvalue weighted by molar-refractivity contribution is 0.399. The van der Waals surface area contributed by atoms with Crippen LogP contribution in [0.5, 0.6) is 5.75 Å². The quantitative estimate of drug-likeness (QED) is 0.907. The van der Waals surface area contributed by atoms with Crippen molar-refractivity contribution in [1.82, 2.24) is 10.3 Å². The minimum absolute atomic E-state index is 0.0121. The topological polar surface area (TPSA) is 34.1 Å². The number of methoxy groups -OCH3 is 1. The molecule has 0 spiro atoms. The van der Waals surface area contributed by atoms with Crippen molar-refractivity contribution in [3.63, 3.8) is 0 Å². The third-order valence-corrected chi connectivity index (χ3v) is 3.24. The molecule has 0 aliphatic heterocycles. The zero-order chi connectivity index (χ0) is 14.5. The van der Waals surface area contributed by atoms with Crippen LogP contribution < -0.4 is 10.1 Å². The molecule has 2 rings (SSSR count). The lowest BCUT2D eigenvalue weighted by Gasteiger charge is -2.17. The fourth-order valence-corrected chi connectivity index (χ4v) is 2.03. The lowest BCUT2D eigenvalue weighted by Crippen LogP contribution is -2.19. The molecular weight excluding hydrogens is 255 g/mol. The Kier molecular flexibility index (Phi) is 4.69. The number of nitrogens with zero attached hydrogens (tertiary/aromatic N) is 1. The van der Waals surface area contributed by atoms with Crippen LogP contribution in [0.1, 0.15) is 29.8 Å². The Morgan fingerprint density at radius 1 is 1.30 bits per heavy atom. The Morgan fingerprint density at radius 3 is 2.75 bits per heavy atom. The maximum absolute atomic E-state index is 13.4. The van der Waals surface area contributed by atoms with E-state index >= 15 is 0 Å². The molecule has 4 heteroatoms. The van der Waals surface area contributed by atoms with Crippen molar-refractivity contribution >= 4 is 0 Å². The average Bonchev–Trinajstić information content (AvgIpc) is 2.46. The fourth-order valence-electron chi connectivity index (χ4n) is 2.03. The SMILES string of the molecule is COc1ccc(F)cc1C(C)NCc1ccc(C)nc1. The van der Waals surface area contributed by atoms with E-state index in [9.17, 15) is 4.39 Å². The molecule has 0 aliphatic rings. The highest BCUT2D eigenvalue weighted by Crippen LogP contribution is 2.25. The zero-order valence-corrected chi connectivity index (χ0v) is 12.0. The predicted molar refractivity (Wildman–Crippen MR) is 77.2 cm³/mol. The van der Waals surface area contributed by atoms with E-state index in [1.165, 1.54) is 12.1 Å². The van der Waals surface area contributed by atoms with Gasteiger partial charge >= 0.3 is 0 Å². The number of ether oxygens (including phenoxy) is 1. The van der Waals surface area contributed by atoms with Crippen LogP contribution in [-0.2, 0) is 6.54 Å². The number of aryl methyl sites for hydroxylation is 1. The van der Waals surface area contributed by atoms with Gasteiger partial charge in [0.1, 0.15) is 11.6 Å². The summed E-state index contributed by atoms with van der Waals surface area (Å²) < 4.78 is 18.6. The summed E-state index contributed by atoms with van der Waals surface area (Å²) in [5, 5.41) is 3.35. The molecule has 0 fully saturated rings. The fraction of sp³-hybridized carbons (Fsp3) is 0.312. The molecule has 1 heterocycles. The summed E-state index contributed by atoms with van der Waals surface area (Å²) in [5.41, 5.74) is 2.90. The molecule has 1 atom stereocenters. The summed E-state index contributed by atoms with van der Waals surface area (Å²) in [7, 11) is 1.59. The van der Waals surface area contributed by atoms with Crippen molar-refractivity contribution < 1.29 is 9.13 Å². The molecule has 0 aliphatic carbocycles. The number of hydrogen-bond acceptors (Lipinski definition) is 3. The third-order valence-electron chi connectivity index (χ3n) is 3.24. The summed E-state index contributed by atoms with van der Waals surface area (Å²) >= 11 is 0. The normalized spacial score (nSPS) is 12.2. The van der Waals surface area contributed by atoms with Gasteiger partial charge in [0, 0.05) is 30.0 Å². The Bertz CT molecular complexity index is 569. The molecule has 1 N–H and O–H groups in total. The van der Waals surface area contributed by atoms with Gasteiger partial charge in [-0.3, -0.25) is 4.98 Å². The molecule has 1 unspecified atom stereocenters. The van der Waals surface area contributed by atoms with Crippen LogP contribution >= 0.6 is 0 Å². The molecule has 0 bridgehead atoms. The van der Waals surface area contributed by atoms with Gasteiger partial charge in [0.2, 0.25) is 0 Å². The van der Waals surface area contributed by atoms with Crippen molar-refractivity contribution in [2.24, 2.45) is 0 Å². The van der Waals surface area contributed by atoms with E-state index in [0.717, 1.165) is 16.8 Å². The third kappa shape index (κ3) is 3.54. The number of rotatable bonds is 5. The van der Waals surface area contributed by atoms with Crippen molar-refractivity contribution in [3.8, 4) is 5.75 Å². The first-order valence-corrected chi connectivity index (χ1v) is 6.58. The number of pyridine rings is 1. The van der Waals surface area contributed by atoms with E-state index in [1.807, 2.05) is 32.2 Å². The molecule has 106 valence electrons. The zero-order valence-electron chi connectivity index (χ0n) is 12.0. The molecule has 0 radical (unpaired) electrons. The smallest absolute Gasteiger partial charge is 0.123 e. The second-order valence-corrected chi connectivity index (χ2v) is 4.80. The minimum Gasteiger partial charge on any atom is -0.496 e. The van der Waals surface area contributed by atoms with E-state index in [4.69, 9.17) is 4.74 Å². The van der Waals surface area contributed by atoms with E-state index in [1.54, 1.807) is 13.2 Å². The molecule has 2 aromatic rings. The first-order chi connectivity index (χ1) is 9.60.